The Labute approximate surface area is 123 Å². The third-order valence-electron chi connectivity index (χ3n) is 3.69. The molecule has 1 fully saturated rings. The predicted molar refractivity (Wildman–Crippen MR) is 77.3 cm³/mol. The van der Waals surface area contributed by atoms with E-state index in [-0.39, 0.29) is 24.1 Å². The van der Waals surface area contributed by atoms with Gasteiger partial charge in [0.15, 0.2) is 0 Å². The van der Waals surface area contributed by atoms with Crippen LogP contribution in [0.4, 0.5) is 10.1 Å². The van der Waals surface area contributed by atoms with Crippen LogP contribution >= 0.6 is 12.4 Å². The summed E-state index contributed by atoms with van der Waals surface area (Å²) in [6, 6.07) is 3.96. The Hall–Kier alpha value is -1.24. The van der Waals surface area contributed by atoms with Crippen LogP contribution in [0.25, 0.3) is 0 Å². The van der Waals surface area contributed by atoms with Crippen molar-refractivity contribution in [2.45, 2.75) is 25.9 Å². The van der Waals surface area contributed by atoms with Crippen molar-refractivity contribution in [1.82, 2.24) is 4.90 Å². The number of rotatable bonds is 4. The van der Waals surface area contributed by atoms with E-state index in [1.54, 1.807) is 0 Å². The molecule has 0 aromatic heterocycles. The lowest BCUT2D eigenvalue weighted by Crippen LogP contribution is -2.29. The molecule has 5 nitrogen and oxygen atoms in total. The number of nitrogens with two attached hydrogens (primary N) is 1. The molecule has 1 saturated heterocycles. The van der Waals surface area contributed by atoms with Gasteiger partial charge in [0.05, 0.1) is 11.0 Å². The maximum absolute atomic E-state index is 13.8. The predicted octanol–water partition coefficient (Wildman–Crippen LogP) is 2.32. The molecule has 0 amide bonds. The highest BCUT2D eigenvalue weighted by atomic mass is 35.5. The average molecular weight is 304 g/mol. The number of nitro groups is 1. The van der Waals surface area contributed by atoms with Gasteiger partial charge in [-0.1, -0.05) is 0 Å². The maximum atomic E-state index is 13.8. The van der Waals surface area contributed by atoms with Crippen molar-refractivity contribution in [1.29, 1.82) is 0 Å². The lowest BCUT2D eigenvalue weighted by atomic mass is 10.0. The molecule has 2 rings (SSSR count). The fraction of sp³-hybridized carbons (Fsp3) is 0.538. The van der Waals surface area contributed by atoms with Gasteiger partial charge in [0, 0.05) is 30.8 Å². The molecule has 0 aliphatic carbocycles. The van der Waals surface area contributed by atoms with Crippen molar-refractivity contribution in [3.63, 3.8) is 0 Å². The van der Waals surface area contributed by atoms with Gasteiger partial charge in [-0.05, 0) is 31.9 Å². The molecular weight excluding hydrogens is 285 g/mol. The number of hydrogen-bond donors (Lipinski definition) is 1. The fourth-order valence-corrected chi connectivity index (χ4v) is 2.45. The Morgan fingerprint density at radius 2 is 2.30 bits per heavy atom. The van der Waals surface area contributed by atoms with Gasteiger partial charge in [-0.25, -0.2) is 4.39 Å². The van der Waals surface area contributed by atoms with Gasteiger partial charge in [-0.3, -0.25) is 15.0 Å². The minimum Gasteiger partial charge on any atom is -0.328 e. The quantitative estimate of drug-likeness (QED) is 0.684. The van der Waals surface area contributed by atoms with Crippen LogP contribution in [0.15, 0.2) is 18.2 Å². The smallest absolute Gasteiger partial charge is 0.272 e. The fourth-order valence-electron chi connectivity index (χ4n) is 2.45. The molecular formula is C13H19ClFN3O2. The molecule has 2 unspecified atom stereocenters. The van der Waals surface area contributed by atoms with Crippen LogP contribution in [0.2, 0.25) is 0 Å². The van der Waals surface area contributed by atoms with E-state index in [4.69, 9.17) is 5.73 Å². The van der Waals surface area contributed by atoms with Crippen LogP contribution in [-0.2, 0) is 6.54 Å². The Kier molecular flexibility index (Phi) is 5.86. The molecule has 0 radical (unpaired) electrons. The molecule has 1 aromatic carbocycles. The van der Waals surface area contributed by atoms with Crippen molar-refractivity contribution < 1.29 is 9.31 Å². The number of likely N-dealkylation sites (tertiary alicyclic amines) is 1. The van der Waals surface area contributed by atoms with E-state index in [0.29, 0.717) is 18.0 Å². The SMILES string of the molecule is CC(N)C1CCN(Cc2ccc([N+](=O)[O-])cc2F)C1.Cl. The number of nitro benzene ring substituents is 1. The normalized spacial score (nSPS) is 20.4. The lowest BCUT2D eigenvalue weighted by molar-refractivity contribution is -0.385. The summed E-state index contributed by atoms with van der Waals surface area (Å²) in [5.41, 5.74) is 6.14. The lowest BCUT2D eigenvalue weighted by Gasteiger charge is -2.18. The molecule has 0 spiro atoms. The molecule has 0 saturated carbocycles. The molecule has 112 valence electrons. The highest BCUT2D eigenvalue weighted by Crippen LogP contribution is 2.23. The molecule has 1 aliphatic rings. The summed E-state index contributed by atoms with van der Waals surface area (Å²) >= 11 is 0. The molecule has 2 N–H and O–H groups in total. The van der Waals surface area contributed by atoms with E-state index in [1.165, 1.54) is 12.1 Å². The van der Waals surface area contributed by atoms with E-state index in [2.05, 4.69) is 4.90 Å². The summed E-state index contributed by atoms with van der Waals surface area (Å²) in [5, 5.41) is 10.5. The van der Waals surface area contributed by atoms with Crippen LogP contribution in [0.3, 0.4) is 0 Å². The van der Waals surface area contributed by atoms with E-state index in [9.17, 15) is 14.5 Å². The van der Waals surface area contributed by atoms with Crippen molar-refractivity contribution in [3.05, 3.63) is 39.7 Å². The van der Waals surface area contributed by atoms with Crippen LogP contribution in [0.5, 0.6) is 0 Å². The summed E-state index contributed by atoms with van der Waals surface area (Å²) in [4.78, 5) is 12.1. The van der Waals surface area contributed by atoms with Gasteiger partial charge >= 0.3 is 0 Å². The second-order valence-electron chi connectivity index (χ2n) is 5.18. The Balaban J connectivity index is 0.00000200. The van der Waals surface area contributed by atoms with Crippen molar-refractivity contribution >= 4 is 18.1 Å². The first-order valence-corrected chi connectivity index (χ1v) is 6.38. The van der Waals surface area contributed by atoms with E-state index < -0.39 is 10.7 Å². The van der Waals surface area contributed by atoms with Gasteiger partial charge in [0.1, 0.15) is 5.82 Å². The van der Waals surface area contributed by atoms with E-state index in [1.807, 2.05) is 6.92 Å². The second kappa shape index (κ2) is 6.97. The van der Waals surface area contributed by atoms with Gasteiger partial charge in [0.2, 0.25) is 0 Å². The van der Waals surface area contributed by atoms with Gasteiger partial charge in [-0.15, -0.1) is 12.4 Å². The van der Waals surface area contributed by atoms with Gasteiger partial charge in [-0.2, -0.15) is 0 Å². The summed E-state index contributed by atoms with van der Waals surface area (Å²) < 4.78 is 13.8. The van der Waals surface area contributed by atoms with Crippen LogP contribution in [0.1, 0.15) is 18.9 Å². The number of hydrogen-bond acceptors (Lipinski definition) is 4. The highest BCUT2D eigenvalue weighted by Gasteiger charge is 2.25. The zero-order valence-electron chi connectivity index (χ0n) is 11.3. The van der Waals surface area contributed by atoms with Gasteiger partial charge in [0.25, 0.3) is 5.69 Å². The summed E-state index contributed by atoms with van der Waals surface area (Å²) in [6.45, 7) is 4.21. The first-order chi connectivity index (χ1) is 8.97. The van der Waals surface area contributed by atoms with Crippen LogP contribution in [0, 0.1) is 21.8 Å². The number of nitrogens with zero attached hydrogens (tertiary/aromatic N) is 2. The maximum Gasteiger partial charge on any atom is 0.272 e. The molecule has 1 aliphatic heterocycles. The average Bonchev–Trinajstić information content (AvgIpc) is 2.80. The molecule has 1 aromatic rings. The molecule has 0 bridgehead atoms. The summed E-state index contributed by atoms with van der Waals surface area (Å²) in [7, 11) is 0. The third kappa shape index (κ3) is 3.88. The van der Waals surface area contributed by atoms with Crippen molar-refractivity contribution in [3.8, 4) is 0 Å². The van der Waals surface area contributed by atoms with Crippen LogP contribution in [-0.4, -0.2) is 29.0 Å². The van der Waals surface area contributed by atoms with Crippen molar-refractivity contribution in [2.24, 2.45) is 11.7 Å². The summed E-state index contributed by atoms with van der Waals surface area (Å²) in [6.07, 6.45) is 1.02. The zero-order chi connectivity index (χ0) is 14.0. The van der Waals surface area contributed by atoms with E-state index in [0.717, 1.165) is 25.6 Å². The van der Waals surface area contributed by atoms with E-state index >= 15 is 0 Å². The number of non-ortho nitro benzene ring substituents is 1. The highest BCUT2D eigenvalue weighted by molar-refractivity contribution is 5.85. The Morgan fingerprint density at radius 1 is 1.60 bits per heavy atom. The first kappa shape index (κ1) is 16.8. The molecule has 7 heteroatoms. The Morgan fingerprint density at radius 3 is 2.80 bits per heavy atom. The first-order valence-electron chi connectivity index (χ1n) is 6.38. The standard InChI is InChI=1S/C13H18FN3O2.ClH/c1-9(15)10-4-5-16(7-10)8-11-2-3-12(17(18)19)6-13(11)14;/h2-3,6,9-10H,4-5,7-8,15H2,1H3;1H. The van der Waals surface area contributed by atoms with Gasteiger partial charge < -0.3 is 5.73 Å². The molecule has 2 atom stereocenters. The zero-order valence-corrected chi connectivity index (χ0v) is 12.1. The Bertz CT molecular complexity index is 485. The number of halogens is 2. The second-order valence-corrected chi connectivity index (χ2v) is 5.18. The monoisotopic (exact) mass is 303 g/mol. The largest absolute Gasteiger partial charge is 0.328 e. The summed E-state index contributed by atoms with van der Waals surface area (Å²) in [5.74, 6) is -0.0699. The van der Waals surface area contributed by atoms with Crippen LogP contribution < -0.4 is 5.73 Å². The minimum absolute atomic E-state index is 0. The third-order valence-corrected chi connectivity index (χ3v) is 3.69. The minimum atomic E-state index is -0.588. The molecule has 1 heterocycles. The number of benzene rings is 1. The molecule has 20 heavy (non-hydrogen) atoms. The van der Waals surface area contributed by atoms with Crippen molar-refractivity contribution in [2.75, 3.05) is 13.1 Å². The topological polar surface area (TPSA) is 72.4 Å².